The molecule has 0 aliphatic carbocycles. The van der Waals surface area contributed by atoms with Gasteiger partial charge in [-0.15, -0.1) is 0 Å². The van der Waals surface area contributed by atoms with Crippen molar-refractivity contribution in [3.8, 4) is 0 Å². The van der Waals surface area contributed by atoms with Crippen molar-refractivity contribution in [3.05, 3.63) is 33.4 Å². The molecule has 1 fully saturated rings. The largest absolute Gasteiger partial charge is 0.481 e. The minimum atomic E-state index is -0.686. The number of nitrogens with zero attached hydrogens (tertiary/aromatic N) is 1. The Morgan fingerprint density at radius 1 is 1.44 bits per heavy atom. The van der Waals surface area contributed by atoms with Crippen molar-refractivity contribution < 1.29 is 9.90 Å². The summed E-state index contributed by atoms with van der Waals surface area (Å²) in [5, 5.41) is 8.97. The highest BCUT2D eigenvalue weighted by Gasteiger charge is 2.24. The molecule has 2 rings (SSSR count). The molecule has 18 heavy (non-hydrogen) atoms. The van der Waals surface area contributed by atoms with E-state index in [1.54, 1.807) is 0 Å². The molecule has 0 saturated carbocycles. The highest BCUT2D eigenvalue weighted by molar-refractivity contribution is 14.1. The van der Waals surface area contributed by atoms with Crippen LogP contribution < -0.4 is 0 Å². The molecule has 0 spiro atoms. The molecule has 1 aliphatic heterocycles. The van der Waals surface area contributed by atoms with Crippen molar-refractivity contribution in [1.29, 1.82) is 0 Å². The zero-order valence-corrected chi connectivity index (χ0v) is 12.5. The zero-order valence-electron chi connectivity index (χ0n) is 10.3. The monoisotopic (exact) mass is 359 g/mol. The van der Waals surface area contributed by atoms with Gasteiger partial charge in [-0.05, 0) is 59.7 Å². The molecule has 0 radical (unpaired) electrons. The Balaban J connectivity index is 2.03. The van der Waals surface area contributed by atoms with Gasteiger partial charge in [0.25, 0.3) is 0 Å². The summed E-state index contributed by atoms with van der Waals surface area (Å²) >= 11 is 2.31. The molecular weight excluding hydrogens is 341 g/mol. The average Bonchev–Trinajstić information content (AvgIpc) is 2.31. The number of carboxylic acids is 1. The second kappa shape index (κ2) is 6.52. The number of hydrogen-bond donors (Lipinski definition) is 1. The number of piperidine rings is 1. The average molecular weight is 359 g/mol. The van der Waals surface area contributed by atoms with Gasteiger partial charge in [-0.1, -0.05) is 18.6 Å². The van der Waals surface area contributed by atoms with Gasteiger partial charge >= 0.3 is 5.97 Å². The van der Waals surface area contributed by atoms with Crippen LogP contribution in [0.25, 0.3) is 0 Å². The van der Waals surface area contributed by atoms with Crippen LogP contribution in [-0.4, -0.2) is 28.6 Å². The van der Waals surface area contributed by atoms with E-state index in [1.165, 1.54) is 15.6 Å². The molecule has 0 bridgehead atoms. The van der Waals surface area contributed by atoms with E-state index < -0.39 is 5.97 Å². The van der Waals surface area contributed by atoms with Crippen molar-refractivity contribution in [2.75, 3.05) is 6.54 Å². The molecule has 0 amide bonds. The molecule has 1 aliphatic rings. The van der Waals surface area contributed by atoms with E-state index in [-0.39, 0.29) is 12.5 Å². The third kappa shape index (κ3) is 3.95. The van der Waals surface area contributed by atoms with E-state index in [2.05, 4.69) is 51.8 Å². The predicted octanol–water partition coefficient (Wildman–Crippen LogP) is 3.12. The summed E-state index contributed by atoms with van der Waals surface area (Å²) in [4.78, 5) is 13.2. The third-order valence-electron chi connectivity index (χ3n) is 3.43. The molecule has 1 aromatic carbocycles. The van der Waals surface area contributed by atoms with E-state index in [4.69, 9.17) is 5.11 Å². The number of likely N-dealkylation sites (tertiary alicyclic amines) is 1. The first-order chi connectivity index (χ1) is 8.65. The number of halogens is 1. The quantitative estimate of drug-likeness (QED) is 0.840. The van der Waals surface area contributed by atoms with Gasteiger partial charge in [0, 0.05) is 16.2 Å². The number of hydrogen-bond acceptors (Lipinski definition) is 2. The summed E-state index contributed by atoms with van der Waals surface area (Å²) in [5.74, 6) is -0.686. The molecule has 1 N–H and O–H groups in total. The van der Waals surface area contributed by atoms with Crippen molar-refractivity contribution in [2.45, 2.75) is 38.3 Å². The molecule has 0 aromatic heterocycles. The maximum absolute atomic E-state index is 10.9. The number of carboxylic acid groups (broad SMARTS) is 1. The van der Waals surface area contributed by atoms with Gasteiger partial charge in [0.05, 0.1) is 6.42 Å². The smallest absolute Gasteiger partial charge is 0.304 e. The first kappa shape index (κ1) is 13.8. The van der Waals surface area contributed by atoms with Crippen molar-refractivity contribution in [3.63, 3.8) is 0 Å². The van der Waals surface area contributed by atoms with E-state index in [0.29, 0.717) is 0 Å². The molecule has 98 valence electrons. The van der Waals surface area contributed by atoms with Gasteiger partial charge < -0.3 is 5.11 Å². The lowest BCUT2D eigenvalue weighted by Gasteiger charge is -2.35. The van der Waals surface area contributed by atoms with Gasteiger partial charge in [0.2, 0.25) is 0 Å². The Morgan fingerprint density at radius 2 is 2.28 bits per heavy atom. The van der Waals surface area contributed by atoms with E-state index in [1.807, 2.05) is 0 Å². The zero-order chi connectivity index (χ0) is 13.0. The SMILES string of the molecule is O=C(O)CC1CCCCN1Cc1cccc(I)c1. The summed E-state index contributed by atoms with van der Waals surface area (Å²) < 4.78 is 1.23. The van der Waals surface area contributed by atoms with Crippen LogP contribution in [0.1, 0.15) is 31.2 Å². The van der Waals surface area contributed by atoms with Gasteiger partial charge in [0.15, 0.2) is 0 Å². The fourth-order valence-corrected chi connectivity index (χ4v) is 3.18. The summed E-state index contributed by atoms with van der Waals surface area (Å²) in [7, 11) is 0. The first-order valence-electron chi connectivity index (χ1n) is 6.35. The second-order valence-electron chi connectivity index (χ2n) is 4.85. The maximum Gasteiger partial charge on any atom is 0.304 e. The second-order valence-corrected chi connectivity index (χ2v) is 6.09. The summed E-state index contributed by atoms with van der Waals surface area (Å²) in [6.07, 6.45) is 3.61. The van der Waals surface area contributed by atoms with Crippen molar-refractivity contribution in [1.82, 2.24) is 4.90 Å². The lowest BCUT2D eigenvalue weighted by Crippen LogP contribution is -2.40. The van der Waals surface area contributed by atoms with Gasteiger partial charge in [-0.3, -0.25) is 9.69 Å². The van der Waals surface area contributed by atoms with Gasteiger partial charge in [-0.2, -0.15) is 0 Å². The Labute approximate surface area is 121 Å². The highest BCUT2D eigenvalue weighted by atomic mass is 127. The van der Waals surface area contributed by atoms with Crippen LogP contribution in [-0.2, 0) is 11.3 Å². The first-order valence-corrected chi connectivity index (χ1v) is 7.43. The van der Waals surface area contributed by atoms with E-state index in [9.17, 15) is 4.79 Å². The van der Waals surface area contributed by atoms with Crippen LogP contribution in [0.4, 0.5) is 0 Å². The highest BCUT2D eigenvalue weighted by Crippen LogP contribution is 2.22. The summed E-state index contributed by atoms with van der Waals surface area (Å²) in [5.41, 5.74) is 1.28. The number of aliphatic carboxylic acids is 1. The van der Waals surface area contributed by atoms with Gasteiger partial charge in [-0.25, -0.2) is 0 Å². The molecule has 1 saturated heterocycles. The molecule has 1 heterocycles. The van der Waals surface area contributed by atoms with Crippen molar-refractivity contribution >= 4 is 28.6 Å². The Morgan fingerprint density at radius 3 is 3.00 bits per heavy atom. The fraction of sp³-hybridized carbons (Fsp3) is 0.500. The number of benzene rings is 1. The molecular formula is C14H18INO2. The lowest BCUT2D eigenvalue weighted by atomic mass is 9.98. The van der Waals surface area contributed by atoms with Crippen LogP contribution in [0.15, 0.2) is 24.3 Å². The van der Waals surface area contributed by atoms with Crippen molar-refractivity contribution in [2.24, 2.45) is 0 Å². The Kier molecular flexibility index (Phi) is 5.00. The Hall–Kier alpha value is -0.620. The van der Waals surface area contributed by atoms with Crippen LogP contribution in [0.2, 0.25) is 0 Å². The van der Waals surface area contributed by atoms with Crippen LogP contribution in [0.3, 0.4) is 0 Å². The molecule has 1 unspecified atom stereocenters. The predicted molar refractivity (Wildman–Crippen MR) is 79.5 cm³/mol. The summed E-state index contributed by atoms with van der Waals surface area (Å²) in [6.45, 7) is 1.89. The fourth-order valence-electron chi connectivity index (χ4n) is 2.57. The molecule has 4 heteroatoms. The Bertz CT molecular complexity index is 422. The lowest BCUT2D eigenvalue weighted by molar-refractivity contribution is -0.138. The topological polar surface area (TPSA) is 40.5 Å². The standard InChI is InChI=1S/C14H18INO2/c15-12-5-3-4-11(8-12)10-16-7-2-1-6-13(16)9-14(17)18/h3-5,8,13H,1-2,6-7,9-10H2,(H,17,18). The normalized spacial score (nSPS) is 20.8. The minimum absolute atomic E-state index is 0.203. The number of carbonyl (C=O) groups is 1. The van der Waals surface area contributed by atoms with E-state index in [0.717, 1.165) is 25.9 Å². The van der Waals surface area contributed by atoms with Crippen LogP contribution >= 0.6 is 22.6 Å². The minimum Gasteiger partial charge on any atom is -0.481 e. The molecule has 1 aromatic rings. The van der Waals surface area contributed by atoms with Gasteiger partial charge in [0.1, 0.15) is 0 Å². The maximum atomic E-state index is 10.9. The summed E-state index contributed by atoms with van der Waals surface area (Å²) in [6, 6.07) is 8.64. The van der Waals surface area contributed by atoms with E-state index >= 15 is 0 Å². The third-order valence-corrected chi connectivity index (χ3v) is 4.11. The molecule has 1 atom stereocenters. The number of rotatable bonds is 4. The van der Waals surface area contributed by atoms with Crippen LogP contribution in [0, 0.1) is 3.57 Å². The molecule has 3 nitrogen and oxygen atoms in total. The van der Waals surface area contributed by atoms with Crippen LogP contribution in [0.5, 0.6) is 0 Å².